The van der Waals surface area contributed by atoms with Crippen molar-refractivity contribution in [1.82, 2.24) is 0 Å². The topological polar surface area (TPSA) is 51.0 Å². The van der Waals surface area contributed by atoms with Crippen LogP contribution in [0.15, 0.2) is 23.4 Å². The van der Waals surface area contributed by atoms with Crippen molar-refractivity contribution in [2.75, 3.05) is 14.2 Å². The van der Waals surface area contributed by atoms with Crippen LogP contribution in [-0.4, -0.2) is 24.6 Å². The summed E-state index contributed by atoms with van der Waals surface area (Å²) < 4.78 is 10.1. The van der Waals surface area contributed by atoms with Gasteiger partial charge in [0.2, 0.25) is 0 Å². The Kier molecular flexibility index (Phi) is 3.59. The van der Waals surface area contributed by atoms with Gasteiger partial charge in [-0.3, -0.25) is 0 Å². The summed E-state index contributed by atoms with van der Waals surface area (Å²) in [5, 5.41) is 11.4. The lowest BCUT2D eigenvalue weighted by atomic mass is 10.2. The van der Waals surface area contributed by atoms with Crippen LogP contribution in [0.25, 0.3) is 0 Å². The van der Waals surface area contributed by atoms with E-state index in [0.717, 1.165) is 0 Å². The Labute approximate surface area is 86.7 Å². The molecule has 1 N–H and O–H groups in total. The predicted molar refractivity (Wildman–Crippen MR) is 53.7 cm³/mol. The lowest BCUT2D eigenvalue weighted by Gasteiger charge is -2.10. The Balaban J connectivity index is 3.29. The fraction of sp³-hybridized carbons (Fsp3) is 0.222. The standard InChI is InChI=1S/C9H10ClNO3/c1-13-7-5-3-4-6(8(7)14-2)9(10)11-12/h3-5,12H,1-2H3/b11-9-. The van der Waals surface area contributed by atoms with Gasteiger partial charge in [0.1, 0.15) is 0 Å². The van der Waals surface area contributed by atoms with E-state index in [9.17, 15) is 0 Å². The first kappa shape index (κ1) is 10.7. The molecule has 0 spiro atoms. The second-order valence-corrected chi connectivity index (χ2v) is 2.79. The summed E-state index contributed by atoms with van der Waals surface area (Å²) in [6.45, 7) is 0. The van der Waals surface area contributed by atoms with Crippen LogP contribution in [0.4, 0.5) is 0 Å². The maximum atomic E-state index is 8.53. The molecule has 0 aliphatic rings. The number of halogens is 1. The van der Waals surface area contributed by atoms with Crippen LogP contribution < -0.4 is 9.47 Å². The minimum absolute atomic E-state index is 0.0410. The second-order valence-electron chi connectivity index (χ2n) is 2.43. The molecule has 0 saturated heterocycles. The number of hydrogen-bond donors (Lipinski definition) is 1. The van der Waals surface area contributed by atoms with Gasteiger partial charge in [0, 0.05) is 0 Å². The quantitative estimate of drug-likeness (QED) is 0.477. The molecule has 1 aromatic carbocycles. The lowest BCUT2D eigenvalue weighted by molar-refractivity contribution is 0.320. The number of ether oxygens (including phenoxy) is 2. The van der Waals surface area contributed by atoms with Crippen LogP contribution in [0.5, 0.6) is 11.5 Å². The fourth-order valence-corrected chi connectivity index (χ4v) is 1.25. The van der Waals surface area contributed by atoms with E-state index in [2.05, 4.69) is 5.16 Å². The summed E-state index contributed by atoms with van der Waals surface area (Å²) in [7, 11) is 3.01. The number of nitrogens with zero attached hydrogens (tertiary/aromatic N) is 1. The molecule has 0 saturated carbocycles. The second kappa shape index (κ2) is 4.72. The molecule has 0 unspecified atom stereocenters. The van der Waals surface area contributed by atoms with Crippen molar-refractivity contribution in [2.45, 2.75) is 0 Å². The van der Waals surface area contributed by atoms with Crippen molar-refractivity contribution < 1.29 is 14.7 Å². The summed E-state index contributed by atoms with van der Waals surface area (Å²) >= 11 is 5.67. The van der Waals surface area contributed by atoms with Crippen LogP contribution in [0.3, 0.4) is 0 Å². The van der Waals surface area contributed by atoms with Gasteiger partial charge in [-0.05, 0) is 12.1 Å². The minimum Gasteiger partial charge on any atom is -0.493 e. The minimum atomic E-state index is -0.0410. The largest absolute Gasteiger partial charge is 0.493 e. The van der Waals surface area contributed by atoms with E-state index < -0.39 is 0 Å². The van der Waals surface area contributed by atoms with Crippen LogP contribution in [-0.2, 0) is 0 Å². The third-order valence-electron chi connectivity index (χ3n) is 1.71. The summed E-state index contributed by atoms with van der Waals surface area (Å²) in [5.41, 5.74) is 0.482. The van der Waals surface area contributed by atoms with Crippen molar-refractivity contribution in [3.05, 3.63) is 23.8 Å². The smallest absolute Gasteiger partial charge is 0.179 e. The van der Waals surface area contributed by atoms with Crippen LogP contribution >= 0.6 is 11.6 Å². The van der Waals surface area contributed by atoms with Gasteiger partial charge in [0.15, 0.2) is 16.7 Å². The molecule has 0 radical (unpaired) electrons. The first-order valence-electron chi connectivity index (χ1n) is 3.83. The van der Waals surface area contributed by atoms with E-state index in [0.29, 0.717) is 17.1 Å². The maximum Gasteiger partial charge on any atom is 0.179 e. The highest BCUT2D eigenvalue weighted by Crippen LogP contribution is 2.31. The Morgan fingerprint density at radius 2 is 2.07 bits per heavy atom. The predicted octanol–water partition coefficient (Wildman–Crippen LogP) is 2.08. The number of para-hydroxylation sites is 1. The van der Waals surface area contributed by atoms with Gasteiger partial charge < -0.3 is 14.7 Å². The molecule has 0 bridgehead atoms. The summed E-state index contributed by atoms with van der Waals surface area (Å²) in [6.07, 6.45) is 0. The zero-order valence-electron chi connectivity index (χ0n) is 7.82. The van der Waals surface area contributed by atoms with Gasteiger partial charge in [0.25, 0.3) is 0 Å². The van der Waals surface area contributed by atoms with Crippen molar-refractivity contribution in [1.29, 1.82) is 0 Å². The number of rotatable bonds is 3. The molecule has 14 heavy (non-hydrogen) atoms. The Bertz CT molecular complexity index is 352. The summed E-state index contributed by atoms with van der Waals surface area (Å²) in [5.74, 6) is 0.976. The first-order valence-corrected chi connectivity index (χ1v) is 4.21. The Morgan fingerprint density at radius 1 is 1.36 bits per heavy atom. The SMILES string of the molecule is COc1cccc(/C(Cl)=N/O)c1OC. The molecule has 76 valence electrons. The van der Waals surface area contributed by atoms with E-state index in [1.165, 1.54) is 14.2 Å². The number of hydrogen-bond acceptors (Lipinski definition) is 4. The highest BCUT2D eigenvalue weighted by Gasteiger charge is 2.12. The molecule has 0 atom stereocenters. The number of oxime groups is 1. The average molecular weight is 216 g/mol. The van der Waals surface area contributed by atoms with Crippen LogP contribution in [0, 0.1) is 0 Å². The zero-order chi connectivity index (χ0) is 10.6. The molecule has 4 nitrogen and oxygen atoms in total. The summed E-state index contributed by atoms with van der Waals surface area (Å²) in [4.78, 5) is 0. The number of methoxy groups -OCH3 is 2. The van der Waals surface area contributed by atoms with Gasteiger partial charge >= 0.3 is 0 Å². The lowest BCUT2D eigenvalue weighted by Crippen LogP contribution is -1.99. The maximum absolute atomic E-state index is 8.53. The van der Waals surface area contributed by atoms with Gasteiger partial charge in [-0.25, -0.2) is 0 Å². The van der Waals surface area contributed by atoms with Gasteiger partial charge in [-0.15, -0.1) is 0 Å². The van der Waals surface area contributed by atoms with E-state index in [4.69, 9.17) is 26.3 Å². The van der Waals surface area contributed by atoms with Gasteiger partial charge in [-0.1, -0.05) is 22.8 Å². The monoisotopic (exact) mass is 215 g/mol. The van der Waals surface area contributed by atoms with Gasteiger partial charge in [0.05, 0.1) is 19.8 Å². The molecule has 0 aliphatic carbocycles. The molecule has 0 aliphatic heterocycles. The molecule has 0 aromatic heterocycles. The highest BCUT2D eigenvalue weighted by molar-refractivity contribution is 6.69. The van der Waals surface area contributed by atoms with E-state index >= 15 is 0 Å². The van der Waals surface area contributed by atoms with Crippen LogP contribution in [0.2, 0.25) is 0 Å². The molecule has 0 heterocycles. The van der Waals surface area contributed by atoms with Crippen molar-refractivity contribution in [3.8, 4) is 11.5 Å². The third kappa shape index (κ3) is 1.90. The first-order chi connectivity index (χ1) is 6.74. The summed E-state index contributed by atoms with van der Waals surface area (Å²) in [6, 6.07) is 5.12. The van der Waals surface area contributed by atoms with E-state index in [1.54, 1.807) is 18.2 Å². The van der Waals surface area contributed by atoms with Crippen molar-refractivity contribution in [3.63, 3.8) is 0 Å². The molecular formula is C9H10ClNO3. The molecule has 0 fully saturated rings. The normalized spacial score (nSPS) is 11.2. The van der Waals surface area contributed by atoms with Crippen LogP contribution in [0.1, 0.15) is 5.56 Å². The Morgan fingerprint density at radius 3 is 2.57 bits per heavy atom. The van der Waals surface area contributed by atoms with Crippen molar-refractivity contribution in [2.24, 2.45) is 5.16 Å². The fourth-order valence-electron chi connectivity index (χ4n) is 1.10. The van der Waals surface area contributed by atoms with E-state index in [1.807, 2.05) is 0 Å². The van der Waals surface area contributed by atoms with Crippen molar-refractivity contribution >= 4 is 16.8 Å². The molecule has 1 aromatic rings. The molecule has 5 heteroatoms. The third-order valence-corrected chi connectivity index (χ3v) is 1.99. The molecule has 0 amide bonds. The molecule has 1 rings (SSSR count). The zero-order valence-corrected chi connectivity index (χ0v) is 8.58. The number of benzene rings is 1. The van der Waals surface area contributed by atoms with E-state index in [-0.39, 0.29) is 5.17 Å². The molecular weight excluding hydrogens is 206 g/mol. The Hall–Kier alpha value is -1.42. The van der Waals surface area contributed by atoms with Gasteiger partial charge in [-0.2, -0.15) is 0 Å². The highest BCUT2D eigenvalue weighted by atomic mass is 35.5. The average Bonchev–Trinajstić information content (AvgIpc) is 2.26.